The largest absolute Gasteiger partial charge is 0.497 e. The molecule has 1 aromatic carbocycles. The summed E-state index contributed by atoms with van der Waals surface area (Å²) < 4.78 is 5.10. The predicted molar refractivity (Wildman–Crippen MR) is 84.5 cm³/mol. The average molecular weight is 291 g/mol. The highest BCUT2D eigenvalue weighted by Gasteiger charge is 2.36. The maximum Gasteiger partial charge on any atom is 0.238 e. The highest BCUT2D eigenvalue weighted by Crippen LogP contribution is 2.33. The van der Waals surface area contributed by atoms with E-state index in [1.165, 1.54) is 12.8 Å². The number of carbonyl (C=O) groups is 1. The van der Waals surface area contributed by atoms with Crippen molar-refractivity contribution in [1.29, 1.82) is 0 Å². The molecular formula is C16H25N3O2. The van der Waals surface area contributed by atoms with Gasteiger partial charge in [-0.1, -0.05) is 12.8 Å². The van der Waals surface area contributed by atoms with Gasteiger partial charge in [0.15, 0.2) is 0 Å². The summed E-state index contributed by atoms with van der Waals surface area (Å²) in [5, 5.41) is 2.91. The van der Waals surface area contributed by atoms with Crippen LogP contribution in [0.15, 0.2) is 24.3 Å². The van der Waals surface area contributed by atoms with Gasteiger partial charge >= 0.3 is 0 Å². The molecule has 0 radical (unpaired) electrons. The molecule has 0 aliphatic heterocycles. The van der Waals surface area contributed by atoms with E-state index < -0.39 is 0 Å². The van der Waals surface area contributed by atoms with Crippen molar-refractivity contribution < 1.29 is 9.53 Å². The first kappa shape index (κ1) is 15.8. The Kier molecular flexibility index (Phi) is 5.20. The zero-order chi connectivity index (χ0) is 15.3. The normalized spacial score (nSPS) is 17.0. The fraction of sp³-hybridized carbons (Fsp3) is 0.562. The van der Waals surface area contributed by atoms with Gasteiger partial charge in [-0.2, -0.15) is 0 Å². The minimum absolute atomic E-state index is 0.00273. The Morgan fingerprint density at radius 3 is 2.48 bits per heavy atom. The van der Waals surface area contributed by atoms with Crippen LogP contribution in [0.1, 0.15) is 25.7 Å². The van der Waals surface area contributed by atoms with Gasteiger partial charge in [0.25, 0.3) is 0 Å². The van der Waals surface area contributed by atoms with Gasteiger partial charge in [0.2, 0.25) is 5.91 Å². The molecule has 0 aromatic heterocycles. The third-order valence-electron chi connectivity index (χ3n) is 4.48. The van der Waals surface area contributed by atoms with E-state index in [1.54, 1.807) is 7.11 Å². The number of amides is 1. The van der Waals surface area contributed by atoms with Gasteiger partial charge in [0.1, 0.15) is 5.75 Å². The van der Waals surface area contributed by atoms with Crippen LogP contribution in [0.4, 0.5) is 5.69 Å². The summed E-state index contributed by atoms with van der Waals surface area (Å²) >= 11 is 0. The number of likely N-dealkylation sites (N-methyl/N-ethyl adjacent to an activating group) is 1. The van der Waals surface area contributed by atoms with E-state index in [9.17, 15) is 4.79 Å². The van der Waals surface area contributed by atoms with Crippen LogP contribution in [-0.2, 0) is 4.79 Å². The van der Waals surface area contributed by atoms with Crippen molar-refractivity contribution in [2.45, 2.75) is 31.2 Å². The van der Waals surface area contributed by atoms with E-state index >= 15 is 0 Å². The second-order valence-electron chi connectivity index (χ2n) is 5.77. The topological polar surface area (TPSA) is 67.6 Å². The molecule has 0 spiro atoms. The third kappa shape index (κ3) is 3.74. The van der Waals surface area contributed by atoms with Crippen LogP contribution in [0.3, 0.4) is 0 Å². The molecule has 0 atom stereocenters. The summed E-state index contributed by atoms with van der Waals surface area (Å²) in [7, 11) is 3.61. The molecule has 116 valence electrons. The van der Waals surface area contributed by atoms with Gasteiger partial charge in [-0.25, -0.2) is 0 Å². The summed E-state index contributed by atoms with van der Waals surface area (Å²) in [5.74, 6) is 0.764. The Labute approximate surface area is 126 Å². The average Bonchev–Trinajstić information content (AvgIpc) is 2.98. The predicted octanol–water partition coefficient (Wildman–Crippen LogP) is 1.84. The second-order valence-corrected chi connectivity index (χ2v) is 5.77. The summed E-state index contributed by atoms with van der Waals surface area (Å²) in [6, 6.07) is 7.34. The minimum atomic E-state index is -0.0117. The molecule has 5 heteroatoms. The summed E-state index contributed by atoms with van der Waals surface area (Å²) in [4.78, 5) is 14.3. The van der Waals surface area contributed by atoms with Gasteiger partial charge in [0.05, 0.1) is 13.7 Å². The zero-order valence-electron chi connectivity index (χ0n) is 12.9. The van der Waals surface area contributed by atoms with Crippen molar-refractivity contribution >= 4 is 11.6 Å². The molecule has 1 aromatic rings. The Bertz CT molecular complexity index is 467. The second kappa shape index (κ2) is 6.91. The van der Waals surface area contributed by atoms with E-state index in [1.807, 2.05) is 31.3 Å². The van der Waals surface area contributed by atoms with Crippen LogP contribution in [0.5, 0.6) is 5.75 Å². The molecule has 0 heterocycles. The fourth-order valence-corrected chi connectivity index (χ4v) is 3.03. The maximum absolute atomic E-state index is 12.2. The molecule has 1 fully saturated rings. The first-order valence-electron chi connectivity index (χ1n) is 7.45. The van der Waals surface area contributed by atoms with Gasteiger partial charge < -0.3 is 15.8 Å². The molecule has 1 saturated carbocycles. The lowest BCUT2D eigenvalue weighted by Gasteiger charge is -2.37. The first-order valence-corrected chi connectivity index (χ1v) is 7.45. The number of ether oxygens (including phenoxy) is 1. The lowest BCUT2D eigenvalue weighted by molar-refractivity contribution is -0.118. The number of hydrogen-bond acceptors (Lipinski definition) is 4. The number of nitrogens with one attached hydrogen (secondary N) is 1. The number of methoxy groups -OCH3 is 1. The van der Waals surface area contributed by atoms with Crippen molar-refractivity contribution in [1.82, 2.24) is 4.90 Å². The first-order chi connectivity index (χ1) is 10.1. The number of nitrogens with two attached hydrogens (primary N) is 1. The van der Waals surface area contributed by atoms with Gasteiger partial charge in [-0.3, -0.25) is 9.69 Å². The molecule has 5 nitrogen and oxygen atoms in total. The van der Waals surface area contributed by atoms with Crippen molar-refractivity contribution in [2.75, 3.05) is 32.6 Å². The summed E-state index contributed by atoms with van der Waals surface area (Å²) in [6.45, 7) is 0.975. The molecule has 0 saturated heterocycles. The minimum Gasteiger partial charge on any atom is -0.497 e. The van der Waals surface area contributed by atoms with Gasteiger partial charge in [-0.15, -0.1) is 0 Å². The zero-order valence-corrected chi connectivity index (χ0v) is 12.9. The molecule has 2 rings (SSSR count). The van der Waals surface area contributed by atoms with Crippen LogP contribution < -0.4 is 15.8 Å². The maximum atomic E-state index is 12.2. The fourth-order valence-electron chi connectivity index (χ4n) is 3.03. The van der Waals surface area contributed by atoms with E-state index in [0.717, 1.165) is 24.3 Å². The Balaban J connectivity index is 1.91. The van der Waals surface area contributed by atoms with Crippen LogP contribution in [0.2, 0.25) is 0 Å². The highest BCUT2D eigenvalue weighted by atomic mass is 16.5. The molecule has 1 aliphatic rings. The summed E-state index contributed by atoms with van der Waals surface area (Å²) in [6.07, 6.45) is 4.55. The monoisotopic (exact) mass is 291 g/mol. The number of anilines is 1. The Morgan fingerprint density at radius 1 is 1.33 bits per heavy atom. The molecule has 0 bridgehead atoms. The quantitative estimate of drug-likeness (QED) is 0.839. The molecular weight excluding hydrogens is 266 g/mol. The van der Waals surface area contributed by atoms with Crippen molar-refractivity contribution in [3.8, 4) is 5.75 Å². The van der Waals surface area contributed by atoms with Crippen LogP contribution in [0, 0.1) is 0 Å². The number of benzene rings is 1. The third-order valence-corrected chi connectivity index (χ3v) is 4.48. The number of carbonyl (C=O) groups excluding carboxylic acids is 1. The van der Waals surface area contributed by atoms with E-state index in [-0.39, 0.29) is 11.4 Å². The van der Waals surface area contributed by atoms with Gasteiger partial charge in [-0.05, 0) is 44.2 Å². The van der Waals surface area contributed by atoms with Crippen molar-refractivity contribution in [3.05, 3.63) is 24.3 Å². The van der Waals surface area contributed by atoms with Crippen LogP contribution in [-0.4, -0.2) is 43.6 Å². The molecule has 1 amide bonds. The SMILES string of the molecule is COc1ccc(NC(=O)CN(C)C2(CN)CCCC2)cc1. The molecule has 21 heavy (non-hydrogen) atoms. The summed E-state index contributed by atoms with van der Waals surface area (Å²) in [5.41, 5.74) is 6.72. The number of rotatable bonds is 6. The standard InChI is InChI=1S/C16H25N3O2/c1-19(16(12-17)9-3-4-10-16)11-15(20)18-13-5-7-14(21-2)8-6-13/h5-8H,3-4,9-12,17H2,1-2H3,(H,18,20). The molecule has 0 unspecified atom stereocenters. The number of hydrogen-bond donors (Lipinski definition) is 2. The van der Waals surface area contributed by atoms with Gasteiger partial charge in [0, 0.05) is 17.8 Å². The Hall–Kier alpha value is -1.59. The smallest absolute Gasteiger partial charge is 0.238 e. The van der Waals surface area contributed by atoms with E-state index in [2.05, 4.69) is 10.2 Å². The number of nitrogens with zero attached hydrogens (tertiary/aromatic N) is 1. The Morgan fingerprint density at radius 2 is 1.95 bits per heavy atom. The lowest BCUT2D eigenvalue weighted by atomic mass is 9.96. The van der Waals surface area contributed by atoms with E-state index in [0.29, 0.717) is 13.1 Å². The van der Waals surface area contributed by atoms with E-state index in [4.69, 9.17) is 10.5 Å². The van der Waals surface area contributed by atoms with Crippen molar-refractivity contribution in [2.24, 2.45) is 5.73 Å². The van der Waals surface area contributed by atoms with Crippen molar-refractivity contribution in [3.63, 3.8) is 0 Å². The molecule has 1 aliphatic carbocycles. The highest BCUT2D eigenvalue weighted by molar-refractivity contribution is 5.92. The van der Waals surface area contributed by atoms with Crippen LogP contribution >= 0.6 is 0 Å². The van der Waals surface area contributed by atoms with Crippen LogP contribution in [0.25, 0.3) is 0 Å². The molecule has 3 N–H and O–H groups in total. The lowest BCUT2D eigenvalue weighted by Crippen LogP contribution is -2.52.